The van der Waals surface area contributed by atoms with Gasteiger partial charge in [0.2, 0.25) is 0 Å². The van der Waals surface area contributed by atoms with E-state index >= 15 is 0 Å². The van der Waals surface area contributed by atoms with Crippen LogP contribution < -0.4 is 0 Å². The molecule has 0 aromatic rings. The molecule has 0 rings (SSSR count). The Balaban J connectivity index is 5.23. The van der Waals surface area contributed by atoms with Crippen LogP contribution in [0.3, 0.4) is 0 Å². The van der Waals surface area contributed by atoms with Crippen molar-refractivity contribution >= 4 is 39.5 Å². The van der Waals surface area contributed by atoms with E-state index in [0.717, 1.165) is 115 Å². The van der Waals surface area contributed by atoms with Crippen LogP contribution in [-0.2, 0) is 65.4 Å². The molecule has 0 radical (unpaired) electrons. The van der Waals surface area contributed by atoms with E-state index in [1.54, 1.807) is 0 Å². The van der Waals surface area contributed by atoms with Gasteiger partial charge in [-0.3, -0.25) is 37.3 Å². The summed E-state index contributed by atoms with van der Waals surface area (Å²) < 4.78 is 67.8. The molecule has 6 atom stereocenters. The van der Waals surface area contributed by atoms with Crippen molar-refractivity contribution in [3.8, 4) is 0 Å². The number of ether oxygens (including phenoxy) is 4. The van der Waals surface area contributed by atoms with Gasteiger partial charge in [-0.05, 0) is 37.5 Å². The lowest BCUT2D eigenvalue weighted by Gasteiger charge is -2.21. The fourth-order valence-electron chi connectivity index (χ4n) is 8.97. The second-order valence-corrected chi connectivity index (χ2v) is 25.7. The van der Waals surface area contributed by atoms with E-state index in [1.807, 2.05) is 0 Å². The highest BCUT2D eigenvalue weighted by atomic mass is 31.2. The summed E-state index contributed by atoms with van der Waals surface area (Å²) in [5, 5.41) is 10.5. The van der Waals surface area contributed by atoms with Crippen LogP contribution in [0.4, 0.5) is 0 Å². The molecule has 3 unspecified atom stereocenters. The molecular weight excluding hydrogens is 1070 g/mol. The second-order valence-electron chi connectivity index (χ2n) is 22.8. The van der Waals surface area contributed by atoms with Crippen molar-refractivity contribution in [2.24, 2.45) is 11.8 Å². The number of phosphoric acid groups is 2. The van der Waals surface area contributed by atoms with Crippen LogP contribution in [-0.4, -0.2) is 96.7 Å². The van der Waals surface area contributed by atoms with Crippen LogP contribution >= 0.6 is 15.6 Å². The summed E-state index contributed by atoms with van der Waals surface area (Å²) >= 11 is 0. The normalized spacial score (nSPS) is 14.7. The van der Waals surface area contributed by atoms with Crippen LogP contribution in [0.15, 0.2) is 0 Å². The summed E-state index contributed by atoms with van der Waals surface area (Å²) in [6, 6.07) is 0. The molecule has 80 heavy (non-hydrogen) atoms. The monoisotopic (exact) mass is 1180 g/mol. The zero-order chi connectivity index (χ0) is 59.4. The molecule has 0 fully saturated rings. The molecule has 0 amide bonds. The number of aliphatic hydroxyl groups excluding tert-OH is 1. The third-order valence-electron chi connectivity index (χ3n) is 14.3. The Kier molecular flexibility index (Phi) is 52.5. The van der Waals surface area contributed by atoms with E-state index in [-0.39, 0.29) is 25.7 Å². The van der Waals surface area contributed by atoms with Crippen LogP contribution in [0.2, 0.25) is 0 Å². The molecule has 0 bridgehead atoms. The predicted octanol–water partition coefficient (Wildman–Crippen LogP) is 16.5. The highest BCUT2D eigenvalue weighted by Crippen LogP contribution is 2.45. The average Bonchev–Trinajstić information content (AvgIpc) is 3.42. The molecule has 0 aliphatic carbocycles. The first kappa shape index (κ1) is 78.1. The fraction of sp³-hybridized carbons (Fsp3) is 0.934. The molecule has 17 nitrogen and oxygen atoms in total. The van der Waals surface area contributed by atoms with Gasteiger partial charge < -0.3 is 33.8 Å². The molecule has 474 valence electrons. The number of hydrogen-bond donors (Lipinski definition) is 3. The topological polar surface area (TPSA) is 237 Å². The van der Waals surface area contributed by atoms with Crippen molar-refractivity contribution in [1.29, 1.82) is 0 Å². The maximum absolute atomic E-state index is 12.9. The van der Waals surface area contributed by atoms with Gasteiger partial charge >= 0.3 is 39.5 Å². The van der Waals surface area contributed by atoms with Gasteiger partial charge in [0.1, 0.15) is 19.3 Å². The first-order valence-corrected chi connectivity index (χ1v) is 35.0. The summed E-state index contributed by atoms with van der Waals surface area (Å²) in [7, 11) is -9.88. The average molecular weight is 1190 g/mol. The van der Waals surface area contributed by atoms with Gasteiger partial charge in [0.25, 0.3) is 0 Å². The van der Waals surface area contributed by atoms with E-state index in [2.05, 4.69) is 41.5 Å². The number of carbonyl (C=O) groups is 4. The van der Waals surface area contributed by atoms with Crippen LogP contribution in [0, 0.1) is 11.8 Å². The van der Waals surface area contributed by atoms with Crippen molar-refractivity contribution in [3.63, 3.8) is 0 Å². The number of hydrogen-bond acceptors (Lipinski definition) is 15. The van der Waals surface area contributed by atoms with E-state index in [0.29, 0.717) is 25.7 Å². The van der Waals surface area contributed by atoms with E-state index in [4.69, 9.17) is 37.0 Å². The SMILES string of the molecule is CCCCCCCCCCCCCC(=O)OC[C@H](COP(=O)(O)OC[C@@H](O)COP(=O)(O)OC[C@@H](COC(=O)CCCCCCCCC)OC(=O)CCCCCCCCC(C)CC)OC(=O)CCCCCCCCCCCC(C)C. The molecule has 0 aromatic heterocycles. The van der Waals surface area contributed by atoms with Gasteiger partial charge in [-0.15, -0.1) is 0 Å². The lowest BCUT2D eigenvalue weighted by molar-refractivity contribution is -0.161. The quantitative estimate of drug-likeness (QED) is 0.0222. The molecule has 19 heteroatoms. The van der Waals surface area contributed by atoms with Gasteiger partial charge in [0, 0.05) is 25.7 Å². The van der Waals surface area contributed by atoms with Crippen molar-refractivity contribution in [1.82, 2.24) is 0 Å². The molecule has 0 saturated carbocycles. The van der Waals surface area contributed by atoms with Crippen LogP contribution in [0.25, 0.3) is 0 Å². The van der Waals surface area contributed by atoms with Gasteiger partial charge in [-0.1, -0.05) is 247 Å². The Morgan fingerprint density at radius 3 is 0.950 bits per heavy atom. The first-order chi connectivity index (χ1) is 38.4. The predicted molar refractivity (Wildman–Crippen MR) is 317 cm³/mol. The molecule has 0 spiro atoms. The van der Waals surface area contributed by atoms with Crippen molar-refractivity contribution < 1.29 is 80.2 Å². The largest absolute Gasteiger partial charge is 0.472 e. The number of phosphoric ester groups is 2. The lowest BCUT2D eigenvalue weighted by Crippen LogP contribution is -2.30. The van der Waals surface area contributed by atoms with E-state index in [1.165, 1.54) is 103 Å². The summed E-state index contributed by atoms with van der Waals surface area (Å²) in [6.45, 7) is 9.35. The Labute approximate surface area is 486 Å². The minimum absolute atomic E-state index is 0.102. The van der Waals surface area contributed by atoms with E-state index < -0.39 is 97.5 Å². The van der Waals surface area contributed by atoms with Crippen molar-refractivity contribution in [3.05, 3.63) is 0 Å². The Morgan fingerprint density at radius 2 is 0.637 bits per heavy atom. The maximum atomic E-state index is 12.9. The molecule has 0 heterocycles. The highest BCUT2D eigenvalue weighted by Gasteiger charge is 2.30. The molecular formula is C61H118O17P2. The van der Waals surface area contributed by atoms with Gasteiger partial charge in [-0.2, -0.15) is 0 Å². The number of rotatable bonds is 60. The molecule has 0 aliphatic heterocycles. The Morgan fingerprint density at radius 1 is 0.362 bits per heavy atom. The maximum Gasteiger partial charge on any atom is 0.472 e. The zero-order valence-electron chi connectivity index (χ0n) is 51.4. The summed E-state index contributed by atoms with van der Waals surface area (Å²) in [4.78, 5) is 71.9. The zero-order valence-corrected chi connectivity index (χ0v) is 53.2. The fourth-order valence-corrected chi connectivity index (χ4v) is 10.5. The third kappa shape index (κ3) is 54.0. The minimum atomic E-state index is -4.94. The first-order valence-electron chi connectivity index (χ1n) is 32.0. The number of unbranched alkanes of at least 4 members (excludes halogenated alkanes) is 29. The second kappa shape index (κ2) is 53.8. The number of esters is 4. The van der Waals surface area contributed by atoms with Gasteiger partial charge in [-0.25, -0.2) is 9.13 Å². The molecule has 3 N–H and O–H groups in total. The van der Waals surface area contributed by atoms with Crippen LogP contribution in [0.5, 0.6) is 0 Å². The summed E-state index contributed by atoms with van der Waals surface area (Å²) in [5.41, 5.74) is 0. The Bertz CT molecular complexity index is 1580. The van der Waals surface area contributed by atoms with Gasteiger partial charge in [0.15, 0.2) is 12.2 Å². The standard InChI is InChI=1S/C61H118O17P2/c1-7-10-12-14-16-17-18-21-25-32-38-44-59(64)72-50-56(77-60(65)45-39-33-26-22-19-20-24-29-35-41-53(4)5)51-75-79(67,68)73-47-55(62)48-74-80(69,70)76-52-57(49-71-58(63)43-37-31-23-15-13-11-8-2)78-61(66)46-40-34-28-27-30-36-42-54(6)9-3/h53-57,62H,7-52H2,1-6H3,(H,67,68)(H,69,70)/t54?,55-,56-,57-/m1/s1. The van der Waals surface area contributed by atoms with Crippen LogP contribution in [0.1, 0.15) is 298 Å². The lowest BCUT2D eigenvalue weighted by atomic mass is 10.00. The Hall–Kier alpha value is -1.94. The molecule has 0 saturated heterocycles. The summed E-state index contributed by atoms with van der Waals surface area (Å²) in [6.07, 6.45) is 34.9. The smallest absolute Gasteiger partial charge is 0.462 e. The third-order valence-corrected chi connectivity index (χ3v) is 16.2. The van der Waals surface area contributed by atoms with Crippen molar-refractivity contribution in [2.75, 3.05) is 39.6 Å². The van der Waals surface area contributed by atoms with Crippen molar-refractivity contribution in [2.45, 2.75) is 317 Å². The molecule has 0 aliphatic rings. The summed E-state index contributed by atoms with van der Waals surface area (Å²) in [5.74, 6) is -0.688. The number of carbonyl (C=O) groups excluding carboxylic acids is 4. The van der Waals surface area contributed by atoms with Gasteiger partial charge in [0.05, 0.1) is 26.4 Å². The minimum Gasteiger partial charge on any atom is -0.462 e. The highest BCUT2D eigenvalue weighted by molar-refractivity contribution is 7.47. The molecule has 0 aromatic carbocycles. The van der Waals surface area contributed by atoms with E-state index in [9.17, 15) is 43.2 Å². The number of aliphatic hydroxyl groups is 1.